The number of halogens is 1. The lowest BCUT2D eigenvalue weighted by molar-refractivity contribution is -0.145. The molecule has 2 rings (SSSR count). The molecule has 5 heteroatoms. The number of likely N-dealkylation sites (tertiary alicyclic amines) is 1. The number of hydrogen-bond donors (Lipinski definition) is 1. The van der Waals surface area contributed by atoms with Crippen LogP contribution >= 0.6 is 15.9 Å². The molecule has 4 nitrogen and oxygen atoms in total. The van der Waals surface area contributed by atoms with Crippen LogP contribution in [0.1, 0.15) is 18.4 Å². The minimum atomic E-state index is -0.893. The fourth-order valence-electron chi connectivity index (χ4n) is 2.29. The Kier molecular flexibility index (Phi) is 5.36. The quantitative estimate of drug-likeness (QED) is 0.902. The van der Waals surface area contributed by atoms with Crippen LogP contribution in [0.15, 0.2) is 28.7 Å². The highest BCUT2D eigenvalue weighted by atomic mass is 79.9. The number of hydrogen-bond acceptors (Lipinski definition) is 3. The molecule has 1 aliphatic heterocycles. The maximum atomic E-state index is 10.4. The molecule has 0 bridgehead atoms. The van der Waals surface area contributed by atoms with Gasteiger partial charge in [-0.1, -0.05) is 34.1 Å². The molecular formula is C14H18BrNO3. The van der Waals surface area contributed by atoms with Gasteiger partial charge in [-0.05, 0) is 24.5 Å². The van der Waals surface area contributed by atoms with Gasteiger partial charge >= 0.3 is 5.97 Å². The molecule has 1 N–H and O–H groups in total. The Balaban J connectivity index is 1.77. The largest absolute Gasteiger partial charge is 0.480 e. The van der Waals surface area contributed by atoms with Crippen LogP contribution in [0.25, 0.3) is 0 Å². The van der Waals surface area contributed by atoms with E-state index in [0.717, 1.165) is 36.9 Å². The second kappa shape index (κ2) is 7.03. The zero-order valence-electron chi connectivity index (χ0n) is 10.7. The van der Waals surface area contributed by atoms with Crippen molar-refractivity contribution in [2.45, 2.75) is 25.5 Å². The summed E-state index contributed by atoms with van der Waals surface area (Å²) in [6.45, 7) is 2.64. The maximum Gasteiger partial charge on any atom is 0.329 e. The molecule has 1 fully saturated rings. The van der Waals surface area contributed by atoms with E-state index in [2.05, 4.69) is 33.0 Å². The highest BCUT2D eigenvalue weighted by Crippen LogP contribution is 2.21. The first kappa shape index (κ1) is 14.5. The Bertz CT molecular complexity index is 430. The zero-order valence-corrected chi connectivity index (χ0v) is 12.3. The number of aliphatic carboxylic acids is 1. The molecular weight excluding hydrogens is 310 g/mol. The summed E-state index contributed by atoms with van der Waals surface area (Å²) in [5.41, 5.74) is 1.28. The summed E-state index contributed by atoms with van der Waals surface area (Å²) >= 11 is 3.56. The number of rotatable bonds is 5. The van der Waals surface area contributed by atoms with E-state index in [-0.39, 0.29) is 12.7 Å². The summed E-state index contributed by atoms with van der Waals surface area (Å²) in [4.78, 5) is 12.8. The topological polar surface area (TPSA) is 49.8 Å². The Morgan fingerprint density at radius 1 is 1.37 bits per heavy atom. The fourth-order valence-corrected chi connectivity index (χ4v) is 2.70. The molecule has 19 heavy (non-hydrogen) atoms. The highest BCUT2D eigenvalue weighted by Gasteiger charge is 2.20. The first-order valence-corrected chi connectivity index (χ1v) is 7.23. The van der Waals surface area contributed by atoms with E-state index in [9.17, 15) is 4.79 Å². The summed E-state index contributed by atoms with van der Waals surface area (Å²) in [6.07, 6.45) is 1.89. The van der Waals surface area contributed by atoms with Crippen LogP contribution in [0.4, 0.5) is 0 Å². The minimum Gasteiger partial charge on any atom is -0.480 e. The van der Waals surface area contributed by atoms with Crippen molar-refractivity contribution in [1.82, 2.24) is 4.90 Å². The minimum absolute atomic E-state index is 0.0894. The smallest absolute Gasteiger partial charge is 0.329 e. The predicted octanol–water partition coefficient (Wildman–Crippen LogP) is 2.51. The average Bonchev–Trinajstić information content (AvgIpc) is 2.40. The fraction of sp³-hybridized carbons (Fsp3) is 0.500. The van der Waals surface area contributed by atoms with E-state index in [0.29, 0.717) is 0 Å². The van der Waals surface area contributed by atoms with Gasteiger partial charge in [-0.15, -0.1) is 0 Å². The monoisotopic (exact) mass is 327 g/mol. The van der Waals surface area contributed by atoms with Crippen molar-refractivity contribution in [3.63, 3.8) is 0 Å². The Labute approximate surface area is 121 Å². The summed E-state index contributed by atoms with van der Waals surface area (Å²) in [5.74, 6) is -0.893. The third-order valence-electron chi connectivity index (χ3n) is 3.33. The van der Waals surface area contributed by atoms with Crippen LogP contribution in [-0.4, -0.2) is 41.8 Å². The molecule has 1 aromatic rings. The van der Waals surface area contributed by atoms with Crippen LogP contribution in [-0.2, 0) is 16.1 Å². The molecule has 0 atom stereocenters. The van der Waals surface area contributed by atoms with Crippen LogP contribution in [0, 0.1) is 0 Å². The molecule has 1 aliphatic rings. The van der Waals surface area contributed by atoms with Crippen molar-refractivity contribution in [2.24, 2.45) is 0 Å². The number of ether oxygens (including phenoxy) is 1. The lowest BCUT2D eigenvalue weighted by Crippen LogP contribution is -2.37. The van der Waals surface area contributed by atoms with Gasteiger partial charge in [-0.2, -0.15) is 0 Å². The Hall–Kier alpha value is -0.910. The molecule has 1 saturated heterocycles. The van der Waals surface area contributed by atoms with E-state index in [1.54, 1.807) is 0 Å². The molecule has 1 aromatic carbocycles. The summed E-state index contributed by atoms with van der Waals surface area (Å²) < 4.78 is 6.47. The van der Waals surface area contributed by atoms with E-state index in [4.69, 9.17) is 9.84 Å². The summed E-state index contributed by atoms with van der Waals surface area (Å²) in [5, 5.41) is 8.58. The van der Waals surface area contributed by atoms with Gasteiger partial charge in [0.2, 0.25) is 0 Å². The van der Waals surface area contributed by atoms with E-state index in [1.165, 1.54) is 5.56 Å². The SMILES string of the molecule is O=C(O)COC1CCN(Cc2ccccc2Br)CC1. The van der Waals surface area contributed by atoms with Gasteiger partial charge in [0.05, 0.1) is 6.10 Å². The predicted molar refractivity (Wildman–Crippen MR) is 76.0 cm³/mol. The van der Waals surface area contributed by atoms with Crippen LogP contribution in [0.2, 0.25) is 0 Å². The van der Waals surface area contributed by atoms with Gasteiger partial charge in [-0.3, -0.25) is 4.90 Å². The second-order valence-electron chi connectivity index (χ2n) is 4.77. The van der Waals surface area contributed by atoms with Crippen LogP contribution in [0.5, 0.6) is 0 Å². The third-order valence-corrected chi connectivity index (χ3v) is 4.10. The van der Waals surface area contributed by atoms with Crippen molar-refractivity contribution in [1.29, 1.82) is 0 Å². The van der Waals surface area contributed by atoms with Gasteiger partial charge in [-0.25, -0.2) is 4.79 Å². The van der Waals surface area contributed by atoms with Crippen molar-refractivity contribution in [3.05, 3.63) is 34.3 Å². The number of benzene rings is 1. The van der Waals surface area contributed by atoms with Crippen molar-refractivity contribution >= 4 is 21.9 Å². The zero-order chi connectivity index (χ0) is 13.7. The molecule has 0 unspecified atom stereocenters. The van der Waals surface area contributed by atoms with Crippen LogP contribution < -0.4 is 0 Å². The normalized spacial score (nSPS) is 17.5. The van der Waals surface area contributed by atoms with Crippen molar-refractivity contribution in [3.8, 4) is 0 Å². The Morgan fingerprint density at radius 3 is 2.68 bits per heavy atom. The highest BCUT2D eigenvalue weighted by molar-refractivity contribution is 9.10. The summed E-state index contributed by atoms with van der Waals surface area (Å²) in [7, 11) is 0. The Morgan fingerprint density at radius 2 is 2.05 bits per heavy atom. The van der Waals surface area contributed by atoms with Gasteiger partial charge in [0, 0.05) is 24.1 Å². The van der Waals surface area contributed by atoms with Gasteiger partial charge < -0.3 is 9.84 Å². The molecule has 104 valence electrons. The molecule has 0 radical (unpaired) electrons. The van der Waals surface area contributed by atoms with Crippen LogP contribution in [0.3, 0.4) is 0 Å². The van der Waals surface area contributed by atoms with Gasteiger partial charge in [0.25, 0.3) is 0 Å². The lowest BCUT2D eigenvalue weighted by Gasteiger charge is -2.31. The molecule has 0 saturated carbocycles. The average molecular weight is 328 g/mol. The van der Waals surface area contributed by atoms with E-state index < -0.39 is 5.97 Å². The summed E-state index contributed by atoms with van der Waals surface area (Å²) in [6, 6.07) is 8.23. The van der Waals surface area contributed by atoms with Gasteiger partial charge in [0.1, 0.15) is 6.61 Å². The number of carbonyl (C=O) groups is 1. The van der Waals surface area contributed by atoms with E-state index >= 15 is 0 Å². The number of carboxylic acid groups (broad SMARTS) is 1. The molecule has 0 aromatic heterocycles. The molecule has 0 amide bonds. The molecule has 0 aliphatic carbocycles. The first-order valence-electron chi connectivity index (χ1n) is 6.44. The van der Waals surface area contributed by atoms with Crippen molar-refractivity contribution < 1.29 is 14.6 Å². The standard InChI is InChI=1S/C14H18BrNO3/c15-13-4-2-1-3-11(13)9-16-7-5-12(6-8-16)19-10-14(17)18/h1-4,12H,5-10H2,(H,17,18). The van der Waals surface area contributed by atoms with Gasteiger partial charge in [0.15, 0.2) is 0 Å². The molecule has 0 spiro atoms. The van der Waals surface area contributed by atoms with E-state index in [1.807, 2.05) is 12.1 Å². The molecule has 1 heterocycles. The second-order valence-corrected chi connectivity index (χ2v) is 5.63. The lowest BCUT2D eigenvalue weighted by atomic mass is 10.1. The first-order chi connectivity index (χ1) is 9.15. The maximum absolute atomic E-state index is 10.4. The van der Waals surface area contributed by atoms with Crippen molar-refractivity contribution in [2.75, 3.05) is 19.7 Å². The number of piperidine rings is 1. The number of carboxylic acids is 1. The number of nitrogens with zero attached hydrogens (tertiary/aromatic N) is 1. The third kappa shape index (κ3) is 4.60.